The second kappa shape index (κ2) is 12.4. The zero-order chi connectivity index (χ0) is 25.3. The first kappa shape index (κ1) is 24.8. The predicted octanol–water partition coefficient (Wildman–Crippen LogP) is 6.38. The second-order valence-corrected chi connectivity index (χ2v) is 9.39. The summed E-state index contributed by atoms with van der Waals surface area (Å²) in [7, 11) is 0. The lowest BCUT2D eigenvalue weighted by Crippen LogP contribution is -2.42. The minimum atomic E-state index is -0.281. The van der Waals surface area contributed by atoms with Gasteiger partial charge < -0.3 is 19.5 Å². The molecule has 5 heteroatoms. The smallest absolute Gasteiger partial charge is 0.338 e. The van der Waals surface area contributed by atoms with E-state index in [0.29, 0.717) is 18.8 Å². The molecule has 2 atom stereocenters. The molecule has 1 aliphatic heterocycles. The standard InChI is InChI=1S/C32H33NO4/c34-32(25-10-2-1-3-11-25)36-20-7-6-19-35-28-14-8-13-27(22-28)30-17-18-33-23-31(30)37-29-16-15-24-9-4-5-12-26(24)21-29/h1-5,8-16,21-22,30-31,33H,6-7,17-20,23H2. The van der Waals surface area contributed by atoms with Crippen LogP contribution in [0, 0.1) is 0 Å². The van der Waals surface area contributed by atoms with Crippen molar-refractivity contribution in [3.05, 3.63) is 108 Å². The quantitative estimate of drug-likeness (QED) is 0.204. The van der Waals surface area contributed by atoms with Crippen LogP contribution in [-0.2, 0) is 4.74 Å². The maximum Gasteiger partial charge on any atom is 0.338 e. The van der Waals surface area contributed by atoms with Gasteiger partial charge in [-0.15, -0.1) is 0 Å². The molecule has 2 unspecified atom stereocenters. The summed E-state index contributed by atoms with van der Waals surface area (Å²) in [5.41, 5.74) is 1.82. The minimum absolute atomic E-state index is 0.0458. The van der Waals surface area contributed by atoms with E-state index < -0.39 is 0 Å². The van der Waals surface area contributed by atoms with Crippen LogP contribution >= 0.6 is 0 Å². The lowest BCUT2D eigenvalue weighted by Gasteiger charge is -2.33. The molecule has 0 spiro atoms. The molecule has 37 heavy (non-hydrogen) atoms. The summed E-state index contributed by atoms with van der Waals surface area (Å²) < 4.78 is 17.9. The highest BCUT2D eigenvalue weighted by molar-refractivity contribution is 5.89. The van der Waals surface area contributed by atoms with Crippen molar-refractivity contribution in [1.82, 2.24) is 5.32 Å². The van der Waals surface area contributed by atoms with E-state index in [1.165, 1.54) is 16.3 Å². The normalized spacial score (nSPS) is 17.3. The third-order valence-corrected chi connectivity index (χ3v) is 6.77. The fourth-order valence-electron chi connectivity index (χ4n) is 4.80. The Bertz CT molecular complexity index is 1310. The Morgan fingerprint density at radius 3 is 2.49 bits per heavy atom. The molecule has 1 N–H and O–H groups in total. The van der Waals surface area contributed by atoms with Crippen LogP contribution < -0.4 is 14.8 Å². The molecule has 5 rings (SSSR count). The Morgan fingerprint density at radius 1 is 0.784 bits per heavy atom. The Labute approximate surface area is 218 Å². The number of carbonyl (C=O) groups excluding carboxylic acids is 1. The van der Waals surface area contributed by atoms with Crippen LogP contribution in [0.1, 0.15) is 41.1 Å². The number of benzene rings is 4. The molecule has 190 valence electrons. The van der Waals surface area contributed by atoms with Crippen molar-refractivity contribution in [2.45, 2.75) is 31.3 Å². The van der Waals surface area contributed by atoms with Gasteiger partial charge in [0.15, 0.2) is 0 Å². The molecule has 0 radical (unpaired) electrons. The highest BCUT2D eigenvalue weighted by Crippen LogP contribution is 2.32. The highest BCUT2D eigenvalue weighted by Gasteiger charge is 2.28. The lowest BCUT2D eigenvalue weighted by atomic mass is 9.87. The first-order valence-electron chi connectivity index (χ1n) is 13.1. The third kappa shape index (κ3) is 6.69. The summed E-state index contributed by atoms with van der Waals surface area (Å²) in [6, 6.07) is 32.1. The first-order chi connectivity index (χ1) is 18.3. The molecule has 0 aliphatic carbocycles. The molecule has 0 aromatic heterocycles. The van der Waals surface area contributed by atoms with E-state index >= 15 is 0 Å². The largest absolute Gasteiger partial charge is 0.494 e. The molecule has 1 heterocycles. The average molecular weight is 496 g/mol. The van der Waals surface area contributed by atoms with Gasteiger partial charge in [-0.1, -0.05) is 60.7 Å². The highest BCUT2D eigenvalue weighted by atomic mass is 16.5. The monoisotopic (exact) mass is 495 g/mol. The molecule has 0 bridgehead atoms. The molecule has 0 amide bonds. The number of carbonyl (C=O) groups is 1. The molecule has 0 saturated carbocycles. The molecule has 4 aromatic carbocycles. The van der Waals surface area contributed by atoms with Gasteiger partial charge in [-0.3, -0.25) is 0 Å². The van der Waals surface area contributed by atoms with Crippen molar-refractivity contribution in [3.8, 4) is 11.5 Å². The van der Waals surface area contributed by atoms with Gasteiger partial charge >= 0.3 is 5.97 Å². The van der Waals surface area contributed by atoms with E-state index in [0.717, 1.165) is 43.9 Å². The van der Waals surface area contributed by atoms with Crippen molar-refractivity contribution in [1.29, 1.82) is 0 Å². The number of nitrogens with one attached hydrogen (secondary N) is 1. The van der Waals surface area contributed by atoms with Crippen molar-refractivity contribution < 1.29 is 19.0 Å². The fraction of sp³-hybridized carbons (Fsp3) is 0.281. The number of ether oxygens (including phenoxy) is 3. The van der Waals surface area contributed by atoms with E-state index in [9.17, 15) is 4.79 Å². The molecular formula is C32H33NO4. The second-order valence-electron chi connectivity index (χ2n) is 9.39. The lowest BCUT2D eigenvalue weighted by molar-refractivity contribution is 0.0494. The topological polar surface area (TPSA) is 56.8 Å². The molecule has 5 nitrogen and oxygen atoms in total. The number of piperidine rings is 1. The summed E-state index contributed by atoms with van der Waals surface area (Å²) in [4.78, 5) is 12.0. The number of unbranched alkanes of at least 4 members (excludes halogenated alkanes) is 1. The van der Waals surface area contributed by atoms with Crippen LogP contribution in [0.25, 0.3) is 10.8 Å². The van der Waals surface area contributed by atoms with Crippen molar-refractivity contribution in [3.63, 3.8) is 0 Å². The Morgan fingerprint density at radius 2 is 1.59 bits per heavy atom. The number of rotatable bonds is 10. The summed E-state index contributed by atoms with van der Waals surface area (Å²) in [5, 5.41) is 5.89. The molecular weight excluding hydrogens is 462 g/mol. The van der Waals surface area contributed by atoms with Crippen LogP contribution in [0.5, 0.6) is 11.5 Å². The van der Waals surface area contributed by atoms with Crippen LogP contribution in [0.4, 0.5) is 0 Å². The summed E-state index contributed by atoms with van der Waals surface area (Å²) >= 11 is 0. The molecule has 1 aliphatic rings. The first-order valence-corrected chi connectivity index (χ1v) is 13.1. The van der Waals surface area contributed by atoms with Crippen LogP contribution in [0.2, 0.25) is 0 Å². The zero-order valence-corrected chi connectivity index (χ0v) is 21.0. The van der Waals surface area contributed by atoms with E-state index in [2.05, 4.69) is 66.0 Å². The van der Waals surface area contributed by atoms with E-state index in [1.807, 2.05) is 24.3 Å². The molecule has 1 fully saturated rings. The fourth-order valence-corrected chi connectivity index (χ4v) is 4.80. The van der Waals surface area contributed by atoms with Crippen molar-refractivity contribution in [2.24, 2.45) is 0 Å². The zero-order valence-electron chi connectivity index (χ0n) is 21.0. The van der Waals surface area contributed by atoms with Crippen LogP contribution in [0.15, 0.2) is 97.1 Å². The maximum absolute atomic E-state index is 12.0. The Kier molecular flexibility index (Phi) is 8.34. The third-order valence-electron chi connectivity index (χ3n) is 6.77. The number of fused-ring (bicyclic) bond motifs is 1. The van der Waals surface area contributed by atoms with Gasteiger partial charge in [-0.25, -0.2) is 4.79 Å². The summed E-state index contributed by atoms with van der Waals surface area (Å²) in [6.45, 7) is 2.74. The molecule has 1 saturated heterocycles. The summed E-state index contributed by atoms with van der Waals surface area (Å²) in [5.74, 6) is 1.77. The van der Waals surface area contributed by atoms with Gasteiger partial charge in [0.1, 0.15) is 17.6 Å². The Balaban J connectivity index is 1.13. The Hall–Kier alpha value is -3.83. The van der Waals surface area contributed by atoms with E-state index in [4.69, 9.17) is 14.2 Å². The van der Waals surface area contributed by atoms with Crippen molar-refractivity contribution >= 4 is 16.7 Å². The van der Waals surface area contributed by atoms with Crippen molar-refractivity contribution in [2.75, 3.05) is 26.3 Å². The SMILES string of the molecule is O=C(OCCCCOc1cccc(C2CCNCC2Oc2ccc3ccccc3c2)c1)c1ccccc1. The number of esters is 1. The van der Waals surface area contributed by atoms with Gasteiger partial charge in [0.2, 0.25) is 0 Å². The maximum atomic E-state index is 12.0. The van der Waals surface area contributed by atoms with Gasteiger partial charge in [-0.2, -0.15) is 0 Å². The van der Waals surface area contributed by atoms with Crippen LogP contribution in [0.3, 0.4) is 0 Å². The predicted molar refractivity (Wildman–Crippen MR) is 146 cm³/mol. The van der Waals surface area contributed by atoms with Gasteiger partial charge in [-0.05, 0) is 78.5 Å². The van der Waals surface area contributed by atoms with E-state index in [1.54, 1.807) is 12.1 Å². The van der Waals surface area contributed by atoms with E-state index in [-0.39, 0.29) is 18.0 Å². The summed E-state index contributed by atoms with van der Waals surface area (Å²) in [6.07, 6.45) is 2.63. The average Bonchev–Trinajstić information content (AvgIpc) is 2.95. The molecule has 4 aromatic rings. The van der Waals surface area contributed by atoms with Gasteiger partial charge in [0, 0.05) is 12.5 Å². The number of hydrogen-bond donors (Lipinski definition) is 1. The van der Waals surface area contributed by atoms with Gasteiger partial charge in [0.05, 0.1) is 18.8 Å². The number of hydrogen-bond acceptors (Lipinski definition) is 5. The van der Waals surface area contributed by atoms with Crippen LogP contribution in [-0.4, -0.2) is 38.4 Å². The minimum Gasteiger partial charge on any atom is -0.494 e. The van der Waals surface area contributed by atoms with Gasteiger partial charge in [0.25, 0.3) is 0 Å².